The van der Waals surface area contributed by atoms with Crippen molar-refractivity contribution in [2.24, 2.45) is 7.05 Å². The van der Waals surface area contributed by atoms with Gasteiger partial charge in [0.15, 0.2) is 5.82 Å². The van der Waals surface area contributed by atoms with Gasteiger partial charge in [0.05, 0.1) is 18.1 Å². The lowest BCUT2D eigenvalue weighted by atomic mass is 10.3. The Hall–Kier alpha value is -2.30. The minimum Gasteiger partial charge on any atom is -0.481 e. The van der Waals surface area contributed by atoms with E-state index >= 15 is 0 Å². The predicted molar refractivity (Wildman–Crippen MR) is 64.8 cm³/mol. The molecule has 3 rings (SSSR count). The Bertz CT molecular complexity index is 635. The van der Waals surface area contributed by atoms with Crippen molar-refractivity contribution in [1.82, 2.24) is 19.7 Å². The number of aromatic nitrogens is 4. The molecule has 0 amide bonds. The van der Waals surface area contributed by atoms with Crippen LogP contribution in [0.25, 0.3) is 22.6 Å². The number of nitrogens with zero attached hydrogens (tertiary/aromatic N) is 3. The summed E-state index contributed by atoms with van der Waals surface area (Å²) in [5.74, 6) is 1.46. The molecule has 0 aliphatic rings. The Balaban J connectivity index is 2.13. The quantitative estimate of drug-likeness (QED) is 0.729. The number of aromatic amines is 1. The van der Waals surface area contributed by atoms with Crippen LogP contribution < -0.4 is 4.74 Å². The number of hydrogen-bond acceptors (Lipinski definition) is 3. The molecule has 1 aromatic carbocycles. The molecule has 0 spiro atoms. The van der Waals surface area contributed by atoms with Crippen molar-refractivity contribution in [2.75, 3.05) is 7.11 Å². The SMILES string of the molecule is COc1cc(-c2nc3ccccc3[nH]2)nn1C. The third kappa shape index (κ3) is 1.56. The van der Waals surface area contributed by atoms with Crippen molar-refractivity contribution in [3.05, 3.63) is 30.3 Å². The number of rotatable bonds is 2. The van der Waals surface area contributed by atoms with Gasteiger partial charge in [-0.1, -0.05) is 12.1 Å². The summed E-state index contributed by atoms with van der Waals surface area (Å²) in [6.45, 7) is 0. The van der Waals surface area contributed by atoms with Gasteiger partial charge in [0.1, 0.15) is 5.69 Å². The summed E-state index contributed by atoms with van der Waals surface area (Å²) < 4.78 is 6.86. The van der Waals surface area contributed by atoms with E-state index in [9.17, 15) is 0 Å². The first-order valence-corrected chi connectivity index (χ1v) is 5.31. The maximum Gasteiger partial charge on any atom is 0.211 e. The summed E-state index contributed by atoms with van der Waals surface area (Å²) in [5, 5.41) is 4.34. The van der Waals surface area contributed by atoms with Crippen molar-refractivity contribution in [3.63, 3.8) is 0 Å². The molecule has 3 aromatic rings. The van der Waals surface area contributed by atoms with Crippen molar-refractivity contribution < 1.29 is 4.74 Å². The molecule has 2 heterocycles. The first kappa shape index (κ1) is 9.89. The van der Waals surface area contributed by atoms with Crippen molar-refractivity contribution >= 4 is 11.0 Å². The number of imidazole rings is 1. The third-order valence-corrected chi connectivity index (χ3v) is 2.68. The maximum absolute atomic E-state index is 5.18. The number of hydrogen-bond donors (Lipinski definition) is 1. The van der Waals surface area contributed by atoms with Crippen LogP contribution in [0.3, 0.4) is 0 Å². The standard InChI is InChI=1S/C12H12N4O/c1-16-11(17-2)7-10(15-16)12-13-8-5-3-4-6-9(8)14-12/h3-7H,1-2H3,(H,13,14). The van der Waals surface area contributed by atoms with Crippen LogP contribution >= 0.6 is 0 Å². The number of fused-ring (bicyclic) bond motifs is 1. The molecular formula is C12H12N4O. The van der Waals surface area contributed by atoms with Gasteiger partial charge in [-0.15, -0.1) is 0 Å². The summed E-state index contributed by atoms with van der Waals surface area (Å²) in [6, 6.07) is 9.76. The second kappa shape index (κ2) is 3.62. The van der Waals surface area contributed by atoms with Gasteiger partial charge < -0.3 is 9.72 Å². The molecule has 0 bridgehead atoms. The average Bonchev–Trinajstić information content (AvgIpc) is 2.91. The van der Waals surface area contributed by atoms with Gasteiger partial charge in [-0.3, -0.25) is 0 Å². The zero-order valence-corrected chi connectivity index (χ0v) is 9.64. The van der Waals surface area contributed by atoms with Crippen LogP contribution in [-0.2, 0) is 7.05 Å². The summed E-state index contributed by atoms with van der Waals surface area (Å²) in [6.07, 6.45) is 0. The molecule has 86 valence electrons. The van der Waals surface area contributed by atoms with Crippen molar-refractivity contribution in [3.8, 4) is 17.4 Å². The van der Waals surface area contributed by atoms with Crippen LogP contribution in [0.5, 0.6) is 5.88 Å². The first-order valence-electron chi connectivity index (χ1n) is 5.31. The normalized spacial score (nSPS) is 10.9. The van der Waals surface area contributed by atoms with E-state index in [0.717, 1.165) is 22.6 Å². The lowest BCUT2D eigenvalue weighted by Gasteiger charge is -1.95. The highest BCUT2D eigenvalue weighted by Gasteiger charge is 2.10. The number of benzene rings is 1. The van der Waals surface area contributed by atoms with Crippen LogP contribution in [0, 0.1) is 0 Å². The Morgan fingerprint density at radius 2 is 2.12 bits per heavy atom. The number of para-hydroxylation sites is 2. The molecule has 1 N–H and O–H groups in total. The topological polar surface area (TPSA) is 55.7 Å². The summed E-state index contributed by atoms with van der Waals surface area (Å²) >= 11 is 0. The third-order valence-electron chi connectivity index (χ3n) is 2.68. The fraction of sp³-hybridized carbons (Fsp3) is 0.167. The lowest BCUT2D eigenvalue weighted by molar-refractivity contribution is 0.373. The van der Waals surface area contributed by atoms with Gasteiger partial charge in [-0.05, 0) is 12.1 Å². The van der Waals surface area contributed by atoms with E-state index in [-0.39, 0.29) is 0 Å². The second-order valence-corrected chi connectivity index (χ2v) is 3.80. The molecule has 0 saturated carbocycles. The van der Waals surface area contributed by atoms with E-state index < -0.39 is 0 Å². The van der Waals surface area contributed by atoms with Crippen LogP contribution in [0.15, 0.2) is 30.3 Å². The fourth-order valence-corrected chi connectivity index (χ4v) is 1.83. The summed E-state index contributed by atoms with van der Waals surface area (Å²) in [4.78, 5) is 7.72. The molecule has 0 aliphatic carbocycles. The molecule has 0 saturated heterocycles. The van der Waals surface area contributed by atoms with Crippen molar-refractivity contribution in [1.29, 1.82) is 0 Å². The van der Waals surface area contributed by atoms with Crippen LogP contribution in [-0.4, -0.2) is 26.9 Å². The molecule has 5 nitrogen and oxygen atoms in total. The predicted octanol–water partition coefficient (Wildman–Crippen LogP) is 1.97. The number of nitrogens with one attached hydrogen (secondary N) is 1. The zero-order valence-electron chi connectivity index (χ0n) is 9.64. The molecular weight excluding hydrogens is 216 g/mol. The van der Waals surface area contributed by atoms with E-state index in [0.29, 0.717) is 5.88 Å². The molecule has 17 heavy (non-hydrogen) atoms. The Kier molecular flexibility index (Phi) is 2.11. The molecule has 0 unspecified atom stereocenters. The lowest BCUT2D eigenvalue weighted by Crippen LogP contribution is -1.94. The minimum absolute atomic E-state index is 0.709. The average molecular weight is 228 g/mol. The van der Waals surface area contributed by atoms with E-state index in [2.05, 4.69) is 15.1 Å². The highest BCUT2D eigenvalue weighted by molar-refractivity contribution is 5.78. The van der Waals surface area contributed by atoms with Gasteiger partial charge in [0, 0.05) is 13.1 Å². The van der Waals surface area contributed by atoms with E-state index in [4.69, 9.17) is 4.74 Å². The molecule has 0 radical (unpaired) electrons. The molecule has 0 fully saturated rings. The van der Waals surface area contributed by atoms with Crippen LogP contribution in [0.4, 0.5) is 0 Å². The van der Waals surface area contributed by atoms with Gasteiger partial charge in [-0.25, -0.2) is 9.67 Å². The number of H-pyrrole nitrogens is 1. The fourth-order valence-electron chi connectivity index (χ4n) is 1.83. The Morgan fingerprint density at radius 1 is 1.29 bits per heavy atom. The monoisotopic (exact) mass is 228 g/mol. The molecule has 0 atom stereocenters. The number of methoxy groups -OCH3 is 1. The summed E-state index contributed by atoms with van der Waals surface area (Å²) in [5.41, 5.74) is 2.72. The second-order valence-electron chi connectivity index (χ2n) is 3.80. The maximum atomic E-state index is 5.18. The molecule has 0 aliphatic heterocycles. The largest absolute Gasteiger partial charge is 0.481 e. The Labute approximate surface area is 98.0 Å². The molecule has 5 heteroatoms. The minimum atomic E-state index is 0.709. The van der Waals surface area contributed by atoms with Crippen LogP contribution in [0.2, 0.25) is 0 Å². The number of ether oxygens (including phenoxy) is 1. The van der Waals surface area contributed by atoms with E-state index in [1.54, 1.807) is 11.8 Å². The van der Waals surface area contributed by atoms with Gasteiger partial charge in [-0.2, -0.15) is 5.10 Å². The van der Waals surface area contributed by atoms with E-state index in [1.165, 1.54) is 0 Å². The van der Waals surface area contributed by atoms with Gasteiger partial charge in [0.25, 0.3) is 0 Å². The molecule has 2 aromatic heterocycles. The zero-order chi connectivity index (χ0) is 11.8. The van der Waals surface area contributed by atoms with Crippen molar-refractivity contribution in [2.45, 2.75) is 0 Å². The highest BCUT2D eigenvalue weighted by atomic mass is 16.5. The van der Waals surface area contributed by atoms with Gasteiger partial charge >= 0.3 is 0 Å². The Morgan fingerprint density at radius 3 is 2.82 bits per heavy atom. The van der Waals surface area contributed by atoms with Crippen LogP contribution in [0.1, 0.15) is 0 Å². The highest BCUT2D eigenvalue weighted by Crippen LogP contribution is 2.22. The number of aryl methyl sites for hydroxylation is 1. The van der Waals surface area contributed by atoms with E-state index in [1.807, 2.05) is 37.4 Å². The first-order chi connectivity index (χ1) is 8.28. The summed E-state index contributed by atoms with van der Waals surface area (Å²) in [7, 11) is 3.46. The smallest absolute Gasteiger partial charge is 0.211 e. The van der Waals surface area contributed by atoms with Gasteiger partial charge in [0.2, 0.25) is 5.88 Å².